The summed E-state index contributed by atoms with van der Waals surface area (Å²) in [7, 11) is 0. The van der Waals surface area contributed by atoms with Crippen LogP contribution in [0.4, 0.5) is 0 Å². The minimum absolute atomic E-state index is 0.00469. The van der Waals surface area contributed by atoms with Crippen molar-refractivity contribution in [3.63, 3.8) is 0 Å². The Hall–Kier alpha value is -1.45. The highest BCUT2D eigenvalue weighted by Gasteiger charge is 2.68. The van der Waals surface area contributed by atoms with E-state index in [0.717, 1.165) is 32.1 Å². The third kappa shape index (κ3) is 2.45. The SMILES string of the molecule is CC(=O)O[C@]1(C(C)=O)CC[C@H]2[C@@H]3C[C@H](C)C4=CC(=O)CC[C@]4(C)[C@@H]3CC[C@@]21C. The maximum Gasteiger partial charge on any atom is 0.303 e. The zero-order valence-electron chi connectivity index (χ0n) is 18.0. The van der Waals surface area contributed by atoms with Crippen LogP contribution in [0.5, 0.6) is 0 Å². The number of hydrogen-bond donors (Lipinski definition) is 0. The number of rotatable bonds is 2. The molecule has 0 amide bonds. The Morgan fingerprint density at radius 3 is 2.39 bits per heavy atom. The van der Waals surface area contributed by atoms with E-state index in [1.807, 2.05) is 6.08 Å². The molecule has 4 aliphatic carbocycles. The van der Waals surface area contributed by atoms with Crippen LogP contribution in [0, 0.1) is 34.5 Å². The first-order chi connectivity index (χ1) is 13.0. The number of allylic oxidation sites excluding steroid dienone is 1. The monoisotopic (exact) mass is 386 g/mol. The van der Waals surface area contributed by atoms with Crippen LogP contribution in [0.1, 0.15) is 79.6 Å². The van der Waals surface area contributed by atoms with Crippen molar-refractivity contribution in [3.8, 4) is 0 Å². The summed E-state index contributed by atoms with van der Waals surface area (Å²) in [4.78, 5) is 36.8. The van der Waals surface area contributed by atoms with Crippen molar-refractivity contribution < 1.29 is 19.1 Å². The number of ketones is 2. The highest BCUT2D eigenvalue weighted by molar-refractivity contribution is 5.92. The Bertz CT molecular complexity index is 767. The van der Waals surface area contributed by atoms with Crippen LogP contribution >= 0.6 is 0 Å². The Morgan fingerprint density at radius 2 is 1.75 bits per heavy atom. The molecule has 3 saturated carbocycles. The fraction of sp³-hybridized carbons (Fsp3) is 0.792. The second-order valence-electron chi connectivity index (χ2n) is 10.5. The normalized spacial score (nSPS) is 47.5. The van der Waals surface area contributed by atoms with E-state index in [2.05, 4.69) is 20.8 Å². The van der Waals surface area contributed by atoms with Crippen LogP contribution < -0.4 is 0 Å². The number of fused-ring (bicyclic) bond motifs is 5. The molecule has 4 nitrogen and oxygen atoms in total. The van der Waals surface area contributed by atoms with Gasteiger partial charge < -0.3 is 4.74 Å². The zero-order chi connectivity index (χ0) is 20.5. The van der Waals surface area contributed by atoms with E-state index in [1.165, 1.54) is 12.5 Å². The first-order valence-electron chi connectivity index (χ1n) is 11.0. The van der Waals surface area contributed by atoms with E-state index in [-0.39, 0.29) is 28.4 Å². The zero-order valence-corrected chi connectivity index (χ0v) is 18.0. The smallest absolute Gasteiger partial charge is 0.303 e. The molecule has 0 aromatic rings. The molecule has 0 aliphatic heterocycles. The number of hydrogen-bond acceptors (Lipinski definition) is 4. The van der Waals surface area contributed by atoms with Gasteiger partial charge in [0, 0.05) is 18.8 Å². The minimum atomic E-state index is -0.961. The van der Waals surface area contributed by atoms with Crippen molar-refractivity contribution in [2.24, 2.45) is 34.5 Å². The van der Waals surface area contributed by atoms with Gasteiger partial charge >= 0.3 is 5.97 Å². The molecule has 0 heterocycles. The van der Waals surface area contributed by atoms with Crippen LogP contribution in [0.15, 0.2) is 11.6 Å². The molecule has 0 spiro atoms. The molecule has 0 N–H and O–H groups in total. The van der Waals surface area contributed by atoms with Gasteiger partial charge in [-0.1, -0.05) is 26.3 Å². The molecule has 154 valence electrons. The van der Waals surface area contributed by atoms with Gasteiger partial charge in [-0.3, -0.25) is 14.4 Å². The number of carbonyl (C=O) groups excluding carboxylic acids is 3. The average molecular weight is 387 g/mol. The molecule has 0 unspecified atom stereocenters. The number of esters is 1. The molecule has 0 radical (unpaired) electrons. The average Bonchev–Trinajstić information content (AvgIpc) is 2.90. The van der Waals surface area contributed by atoms with Crippen molar-refractivity contribution in [1.82, 2.24) is 0 Å². The predicted octanol–water partition coefficient (Wildman–Crippen LogP) is 4.66. The summed E-state index contributed by atoms with van der Waals surface area (Å²) in [6.07, 6.45) is 8.19. The standard InChI is InChI=1S/C24H34O4/c1-14-12-18-19(22(4)9-6-17(27)13-21(14)22)7-10-23(5)20(18)8-11-24(23,15(2)25)28-16(3)26/h13-14,18-20H,6-12H2,1-5H3/t14-,18+,19+,20-,22+,23-,24-/m0/s1. The van der Waals surface area contributed by atoms with Crippen molar-refractivity contribution in [2.75, 3.05) is 0 Å². The molecule has 0 bridgehead atoms. The second-order valence-corrected chi connectivity index (χ2v) is 10.5. The molecule has 7 atom stereocenters. The molecule has 0 aromatic heterocycles. The number of Topliss-reactive ketones (excluding diaryl/α,β-unsaturated/α-hetero) is 1. The van der Waals surface area contributed by atoms with E-state index >= 15 is 0 Å². The van der Waals surface area contributed by atoms with E-state index < -0.39 is 5.60 Å². The summed E-state index contributed by atoms with van der Waals surface area (Å²) >= 11 is 0. The highest BCUT2D eigenvalue weighted by atomic mass is 16.6. The first kappa shape index (κ1) is 19.8. The van der Waals surface area contributed by atoms with Crippen molar-refractivity contribution in [3.05, 3.63) is 11.6 Å². The third-order valence-corrected chi connectivity index (χ3v) is 9.29. The predicted molar refractivity (Wildman–Crippen MR) is 106 cm³/mol. The van der Waals surface area contributed by atoms with Gasteiger partial charge in [0.25, 0.3) is 0 Å². The van der Waals surface area contributed by atoms with Crippen LogP contribution in [-0.2, 0) is 19.1 Å². The Kier molecular flexibility index (Phi) is 4.45. The highest BCUT2D eigenvalue weighted by Crippen LogP contribution is 2.69. The van der Waals surface area contributed by atoms with Gasteiger partial charge in [-0.25, -0.2) is 0 Å². The molecule has 4 aliphatic rings. The molecule has 28 heavy (non-hydrogen) atoms. The largest absolute Gasteiger partial charge is 0.451 e. The summed E-state index contributed by atoms with van der Waals surface area (Å²) in [6.45, 7) is 9.87. The summed E-state index contributed by atoms with van der Waals surface area (Å²) < 4.78 is 5.84. The number of ether oxygens (including phenoxy) is 1. The lowest BCUT2D eigenvalue weighted by atomic mass is 9.44. The van der Waals surface area contributed by atoms with E-state index in [9.17, 15) is 14.4 Å². The van der Waals surface area contributed by atoms with Crippen molar-refractivity contribution in [1.29, 1.82) is 0 Å². The van der Waals surface area contributed by atoms with Crippen molar-refractivity contribution >= 4 is 17.5 Å². The molecular formula is C24H34O4. The third-order valence-electron chi connectivity index (χ3n) is 9.29. The molecule has 0 saturated heterocycles. The maximum atomic E-state index is 12.8. The second kappa shape index (κ2) is 6.27. The minimum Gasteiger partial charge on any atom is -0.451 e. The Labute approximate surface area is 168 Å². The van der Waals surface area contributed by atoms with Crippen LogP contribution in [0.3, 0.4) is 0 Å². The quantitative estimate of drug-likeness (QED) is 0.648. The van der Waals surface area contributed by atoms with E-state index in [1.54, 1.807) is 6.92 Å². The molecule has 4 heteroatoms. The van der Waals surface area contributed by atoms with Gasteiger partial charge in [0.1, 0.15) is 0 Å². The molecule has 3 fully saturated rings. The number of carbonyl (C=O) groups is 3. The van der Waals surface area contributed by atoms with Gasteiger partial charge in [-0.05, 0) is 80.6 Å². The van der Waals surface area contributed by atoms with E-state index in [0.29, 0.717) is 36.5 Å². The summed E-state index contributed by atoms with van der Waals surface area (Å²) in [6, 6.07) is 0. The van der Waals surface area contributed by atoms with Gasteiger partial charge in [0.2, 0.25) is 0 Å². The van der Waals surface area contributed by atoms with E-state index in [4.69, 9.17) is 4.74 Å². The van der Waals surface area contributed by atoms with Crippen molar-refractivity contribution in [2.45, 2.75) is 85.2 Å². The summed E-state index contributed by atoms with van der Waals surface area (Å²) in [5, 5.41) is 0. The Morgan fingerprint density at radius 1 is 1.07 bits per heavy atom. The molecule has 0 aromatic carbocycles. The van der Waals surface area contributed by atoms with Crippen LogP contribution in [0.25, 0.3) is 0 Å². The fourth-order valence-corrected chi connectivity index (χ4v) is 8.05. The first-order valence-corrected chi connectivity index (χ1v) is 11.0. The van der Waals surface area contributed by atoms with Gasteiger partial charge in [0.05, 0.1) is 0 Å². The molecule has 4 rings (SSSR count). The maximum absolute atomic E-state index is 12.8. The Balaban J connectivity index is 1.73. The lowest BCUT2D eigenvalue weighted by molar-refractivity contribution is -0.187. The summed E-state index contributed by atoms with van der Waals surface area (Å²) in [5.74, 6) is 1.82. The fourth-order valence-electron chi connectivity index (χ4n) is 8.05. The topological polar surface area (TPSA) is 60.4 Å². The van der Waals surface area contributed by atoms with Gasteiger partial charge in [0.15, 0.2) is 17.2 Å². The van der Waals surface area contributed by atoms with Gasteiger partial charge in [-0.15, -0.1) is 0 Å². The van der Waals surface area contributed by atoms with Gasteiger partial charge in [-0.2, -0.15) is 0 Å². The van der Waals surface area contributed by atoms with Crippen LogP contribution in [-0.4, -0.2) is 23.1 Å². The van der Waals surface area contributed by atoms with Crippen LogP contribution in [0.2, 0.25) is 0 Å². The lowest BCUT2D eigenvalue weighted by Gasteiger charge is -2.60. The molecular weight excluding hydrogens is 352 g/mol. The summed E-state index contributed by atoms with van der Waals surface area (Å²) in [5.41, 5.74) is 0.218. The lowest BCUT2D eigenvalue weighted by Crippen LogP contribution is -2.59.